The van der Waals surface area contributed by atoms with Crippen LogP contribution >= 0.6 is 0 Å². The number of H-pyrrole nitrogens is 1. The van der Waals surface area contributed by atoms with Crippen molar-refractivity contribution in [3.63, 3.8) is 0 Å². The van der Waals surface area contributed by atoms with E-state index in [-0.39, 0.29) is 12.1 Å². The standard InChI is InChI=1S/C12H18N4O3/c1-8-9(2)13-12(14-11(8)19)16-5-3-15(4-6-16)7-10(17)18/h3-7H2,1-2H3,(H,17,18)(H,13,14,19). The van der Waals surface area contributed by atoms with E-state index in [0.29, 0.717) is 37.7 Å². The van der Waals surface area contributed by atoms with Gasteiger partial charge in [-0.3, -0.25) is 19.5 Å². The number of carbonyl (C=O) groups is 1. The van der Waals surface area contributed by atoms with Crippen molar-refractivity contribution in [1.29, 1.82) is 0 Å². The lowest BCUT2D eigenvalue weighted by molar-refractivity contribution is -0.138. The molecule has 1 aliphatic rings. The Morgan fingerprint density at radius 3 is 2.47 bits per heavy atom. The number of carboxylic acids is 1. The van der Waals surface area contributed by atoms with E-state index < -0.39 is 5.97 Å². The summed E-state index contributed by atoms with van der Waals surface area (Å²) in [4.78, 5) is 33.3. The van der Waals surface area contributed by atoms with Crippen LogP contribution in [0, 0.1) is 13.8 Å². The van der Waals surface area contributed by atoms with Crippen molar-refractivity contribution in [2.75, 3.05) is 37.6 Å². The van der Waals surface area contributed by atoms with Gasteiger partial charge >= 0.3 is 5.97 Å². The number of nitrogens with zero attached hydrogens (tertiary/aromatic N) is 3. The summed E-state index contributed by atoms with van der Waals surface area (Å²) in [6, 6.07) is 0. The van der Waals surface area contributed by atoms with Crippen molar-refractivity contribution in [1.82, 2.24) is 14.9 Å². The highest BCUT2D eigenvalue weighted by atomic mass is 16.4. The lowest BCUT2D eigenvalue weighted by Gasteiger charge is -2.34. The summed E-state index contributed by atoms with van der Waals surface area (Å²) in [5, 5.41) is 8.74. The molecule has 1 aliphatic heterocycles. The van der Waals surface area contributed by atoms with E-state index in [9.17, 15) is 9.59 Å². The first kappa shape index (κ1) is 13.5. The summed E-state index contributed by atoms with van der Waals surface area (Å²) in [6.07, 6.45) is 0. The summed E-state index contributed by atoms with van der Waals surface area (Å²) >= 11 is 0. The van der Waals surface area contributed by atoms with Gasteiger partial charge in [0.05, 0.1) is 6.54 Å². The highest BCUT2D eigenvalue weighted by Crippen LogP contribution is 2.10. The molecule has 1 fully saturated rings. The van der Waals surface area contributed by atoms with E-state index in [1.807, 2.05) is 16.7 Å². The number of hydrogen-bond donors (Lipinski definition) is 2. The average molecular weight is 266 g/mol. The van der Waals surface area contributed by atoms with Crippen molar-refractivity contribution >= 4 is 11.9 Å². The first-order valence-electron chi connectivity index (χ1n) is 6.24. The molecule has 104 valence electrons. The highest BCUT2D eigenvalue weighted by molar-refractivity contribution is 5.69. The van der Waals surface area contributed by atoms with Crippen molar-refractivity contribution in [3.05, 3.63) is 21.6 Å². The zero-order valence-corrected chi connectivity index (χ0v) is 11.1. The van der Waals surface area contributed by atoms with Crippen LogP contribution in [0.4, 0.5) is 5.95 Å². The predicted molar refractivity (Wildman–Crippen MR) is 70.6 cm³/mol. The number of nitrogens with one attached hydrogen (secondary N) is 1. The van der Waals surface area contributed by atoms with Gasteiger partial charge in [-0.15, -0.1) is 0 Å². The number of aryl methyl sites for hydroxylation is 1. The van der Waals surface area contributed by atoms with Crippen molar-refractivity contribution < 1.29 is 9.90 Å². The van der Waals surface area contributed by atoms with E-state index in [1.54, 1.807) is 6.92 Å². The van der Waals surface area contributed by atoms with Gasteiger partial charge in [-0.1, -0.05) is 0 Å². The zero-order chi connectivity index (χ0) is 14.0. The van der Waals surface area contributed by atoms with Gasteiger partial charge in [-0.05, 0) is 13.8 Å². The molecule has 1 aromatic rings. The van der Waals surface area contributed by atoms with Crippen molar-refractivity contribution in [3.8, 4) is 0 Å². The van der Waals surface area contributed by atoms with E-state index >= 15 is 0 Å². The van der Waals surface area contributed by atoms with Crippen LogP contribution in [0.25, 0.3) is 0 Å². The van der Waals surface area contributed by atoms with Crippen LogP contribution in [-0.4, -0.2) is 58.7 Å². The van der Waals surface area contributed by atoms with Gasteiger partial charge in [-0.25, -0.2) is 4.98 Å². The fourth-order valence-corrected chi connectivity index (χ4v) is 2.09. The molecule has 0 unspecified atom stereocenters. The molecular formula is C12H18N4O3. The Balaban J connectivity index is 2.06. The maximum Gasteiger partial charge on any atom is 0.317 e. The molecule has 0 radical (unpaired) electrons. The molecule has 0 amide bonds. The summed E-state index contributed by atoms with van der Waals surface area (Å²) < 4.78 is 0. The molecule has 2 heterocycles. The molecule has 0 aromatic carbocycles. The molecule has 19 heavy (non-hydrogen) atoms. The summed E-state index contributed by atoms with van der Waals surface area (Å²) in [5.74, 6) is -0.241. The smallest absolute Gasteiger partial charge is 0.317 e. The molecule has 7 nitrogen and oxygen atoms in total. The Bertz CT molecular complexity index is 532. The van der Waals surface area contributed by atoms with E-state index in [4.69, 9.17) is 5.11 Å². The van der Waals surface area contributed by atoms with Gasteiger partial charge in [-0.2, -0.15) is 0 Å². The van der Waals surface area contributed by atoms with E-state index in [1.165, 1.54) is 0 Å². The fourth-order valence-electron chi connectivity index (χ4n) is 2.09. The maximum absolute atomic E-state index is 11.7. The monoisotopic (exact) mass is 266 g/mol. The van der Waals surface area contributed by atoms with Gasteiger partial charge in [0.15, 0.2) is 0 Å². The van der Waals surface area contributed by atoms with Crippen LogP contribution in [0.15, 0.2) is 4.79 Å². The largest absolute Gasteiger partial charge is 0.480 e. The molecule has 1 aromatic heterocycles. The third-order valence-corrected chi connectivity index (χ3v) is 3.41. The molecule has 1 saturated heterocycles. The third-order valence-electron chi connectivity index (χ3n) is 3.41. The number of piperazine rings is 1. The Hall–Kier alpha value is -1.89. The maximum atomic E-state index is 11.7. The summed E-state index contributed by atoms with van der Waals surface area (Å²) in [5.41, 5.74) is 1.25. The minimum absolute atomic E-state index is 0.0602. The Labute approximate surface area is 110 Å². The van der Waals surface area contributed by atoms with E-state index in [2.05, 4.69) is 9.97 Å². The summed E-state index contributed by atoms with van der Waals surface area (Å²) in [6.45, 7) is 6.26. The molecule has 0 bridgehead atoms. The Kier molecular flexibility index (Phi) is 3.84. The van der Waals surface area contributed by atoms with Gasteiger partial charge in [0.25, 0.3) is 5.56 Å². The second-order valence-electron chi connectivity index (χ2n) is 4.76. The van der Waals surface area contributed by atoms with Gasteiger partial charge in [0.1, 0.15) is 0 Å². The van der Waals surface area contributed by atoms with Crippen LogP contribution in [-0.2, 0) is 4.79 Å². The average Bonchev–Trinajstić information content (AvgIpc) is 2.35. The van der Waals surface area contributed by atoms with Crippen LogP contribution in [0.2, 0.25) is 0 Å². The molecule has 0 aliphatic carbocycles. The molecular weight excluding hydrogens is 248 g/mol. The third kappa shape index (κ3) is 3.11. The summed E-state index contributed by atoms with van der Waals surface area (Å²) in [7, 11) is 0. The predicted octanol–water partition coefficient (Wildman–Crippen LogP) is -0.407. The highest BCUT2D eigenvalue weighted by Gasteiger charge is 2.20. The molecule has 0 spiro atoms. The van der Waals surface area contributed by atoms with Gasteiger partial charge in [0, 0.05) is 37.4 Å². The molecule has 0 saturated carbocycles. The number of aliphatic carboxylic acids is 1. The fraction of sp³-hybridized carbons (Fsp3) is 0.583. The molecule has 0 atom stereocenters. The minimum Gasteiger partial charge on any atom is -0.480 e. The van der Waals surface area contributed by atoms with Crippen LogP contribution in [0.5, 0.6) is 0 Å². The van der Waals surface area contributed by atoms with E-state index in [0.717, 1.165) is 5.69 Å². The van der Waals surface area contributed by atoms with Crippen LogP contribution in [0.1, 0.15) is 11.3 Å². The van der Waals surface area contributed by atoms with Crippen molar-refractivity contribution in [2.24, 2.45) is 0 Å². The first-order valence-corrected chi connectivity index (χ1v) is 6.24. The molecule has 2 N–H and O–H groups in total. The normalized spacial score (nSPS) is 16.6. The van der Waals surface area contributed by atoms with Crippen molar-refractivity contribution in [2.45, 2.75) is 13.8 Å². The second kappa shape index (κ2) is 5.40. The number of aromatic amines is 1. The number of rotatable bonds is 3. The van der Waals surface area contributed by atoms with Gasteiger partial charge in [0.2, 0.25) is 5.95 Å². The quantitative estimate of drug-likeness (QED) is 0.773. The Morgan fingerprint density at radius 2 is 1.95 bits per heavy atom. The second-order valence-corrected chi connectivity index (χ2v) is 4.76. The number of hydrogen-bond acceptors (Lipinski definition) is 5. The SMILES string of the molecule is Cc1nc(N2CCN(CC(=O)O)CC2)[nH]c(=O)c1C. The van der Waals surface area contributed by atoms with Crippen LogP contribution < -0.4 is 10.5 Å². The Morgan fingerprint density at radius 1 is 1.32 bits per heavy atom. The van der Waals surface area contributed by atoms with Crippen LogP contribution in [0.3, 0.4) is 0 Å². The first-order chi connectivity index (χ1) is 8.97. The lowest BCUT2D eigenvalue weighted by atomic mass is 10.2. The van der Waals surface area contributed by atoms with Gasteiger partial charge < -0.3 is 10.0 Å². The number of carboxylic acid groups (broad SMARTS) is 1. The molecule has 7 heteroatoms. The minimum atomic E-state index is -0.814. The topological polar surface area (TPSA) is 89.5 Å². The lowest BCUT2D eigenvalue weighted by Crippen LogP contribution is -2.48. The number of aromatic nitrogens is 2. The zero-order valence-electron chi connectivity index (χ0n) is 11.1. The molecule has 2 rings (SSSR count). The number of anilines is 1.